The molecule has 7 nitrogen and oxygen atoms in total. The van der Waals surface area contributed by atoms with E-state index in [9.17, 15) is 13.2 Å². The molecule has 160 valence electrons. The molecule has 2 aromatic rings. The molecule has 0 radical (unpaired) electrons. The first-order valence-corrected chi connectivity index (χ1v) is 11.9. The van der Waals surface area contributed by atoms with Gasteiger partial charge in [0.2, 0.25) is 15.9 Å². The molecule has 3 N–H and O–H groups in total. The van der Waals surface area contributed by atoms with Crippen molar-refractivity contribution in [3.8, 4) is 0 Å². The lowest BCUT2D eigenvalue weighted by atomic mass is 9.97. The molecule has 2 heterocycles. The molecule has 0 spiro atoms. The molecule has 0 aliphatic carbocycles. The zero-order valence-electron chi connectivity index (χ0n) is 16.8. The summed E-state index contributed by atoms with van der Waals surface area (Å²) in [6, 6.07) is 18.5. The van der Waals surface area contributed by atoms with Crippen LogP contribution in [0.15, 0.2) is 65.6 Å². The first-order valence-electron chi connectivity index (χ1n) is 10.4. The number of benzene rings is 2. The predicted molar refractivity (Wildman–Crippen MR) is 115 cm³/mol. The summed E-state index contributed by atoms with van der Waals surface area (Å²) >= 11 is 0. The Balaban J connectivity index is 1.23. The summed E-state index contributed by atoms with van der Waals surface area (Å²) in [5.74, 6) is 0.274. The number of piperidine rings is 1. The number of nitrogens with zero attached hydrogens (tertiary/aromatic N) is 1. The number of carbonyl (C=O) groups is 1. The maximum Gasteiger partial charge on any atom is 0.243 e. The number of rotatable bonds is 6. The maximum atomic E-state index is 12.7. The van der Waals surface area contributed by atoms with E-state index in [4.69, 9.17) is 0 Å². The maximum absolute atomic E-state index is 12.7. The van der Waals surface area contributed by atoms with E-state index < -0.39 is 10.0 Å². The van der Waals surface area contributed by atoms with Crippen LogP contribution in [-0.2, 0) is 14.8 Å². The molecule has 2 aliphatic rings. The Morgan fingerprint density at radius 2 is 1.60 bits per heavy atom. The van der Waals surface area contributed by atoms with Gasteiger partial charge in [0, 0.05) is 25.7 Å². The van der Waals surface area contributed by atoms with Gasteiger partial charge in [-0.1, -0.05) is 48.5 Å². The van der Waals surface area contributed by atoms with E-state index in [1.165, 1.54) is 0 Å². The Hall–Kier alpha value is -2.26. The number of sulfonamides is 1. The molecular weight excluding hydrogens is 400 g/mol. The average molecular weight is 429 g/mol. The summed E-state index contributed by atoms with van der Waals surface area (Å²) in [7, 11) is -3.43. The van der Waals surface area contributed by atoms with Crippen molar-refractivity contribution in [1.29, 1.82) is 0 Å². The van der Waals surface area contributed by atoms with E-state index >= 15 is 0 Å². The highest BCUT2D eigenvalue weighted by Gasteiger charge is 2.32. The van der Waals surface area contributed by atoms with Crippen LogP contribution in [0.4, 0.5) is 0 Å². The number of amides is 1. The van der Waals surface area contributed by atoms with Gasteiger partial charge in [0.1, 0.15) is 6.04 Å². The van der Waals surface area contributed by atoms with Gasteiger partial charge in [-0.15, -0.1) is 0 Å². The van der Waals surface area contributed by atoms with Crippen molar-refractivity contribution in [2.45, 2.75) is 36.2 Å². The molecule has 2 saturated heterocycles. The Kier molecular flexibility index (Phi) is 6.48. The quantitative estimate of drug-likeness (QED) is 0.653. The van der Waals surface area contributed by atoms with Gasteiger partial charge in [0.25, 0.3) is 0 Å². The smallest absolute Gasteiger partial charge is 0.243 e. The molecule has 2 unspecified atom stereocenters. The molecular formula is C22H28N4O3S. The summed E-state index contributed by atoms with van der Waals surface area (Å²) < 4.78 is 27.0. The summed E-state index contributed by atoms with van der Waals surface area (Å²) in [6.07, 6.45) is 2.19. The molecule has 0 saturated carbocycles. The average Bonchev–Trinajstić information content (AvgIpc) is 3.29. The Morgan fingerprint density at radius 3 is 2.27 bits per heavy atom. The summed E-state index contributed by atoms with van der Waals surface area (Å²) in [5.41, 5.74) is 7.44. The third kappa shape index (κ3) is 4.73. The highest BCUT2D eigenvalue weighted by atomic mass is 32.2. The minimum Gasteiger partial charge on any atom is -0.354 e. The number of hydrogen-bond donors (Lipinski definition) is 3. The van der Waals surface area contributed by atoms with Crippen molar-refractivity contribution in [2.24, 2.45) is 5.92 Å². The SMILES string of the molecule is O=C(NCC1CCN(S(=O)(=O)c2ccccc2)CC1)C1CC(c2ccccc2)NN1. The van der Waals surface area contributed by atoms with E-state index in [0.29, 0.717) is 31.0 Å². The molecule has 2 fully saturated rings. The fourth-order valence-corrected chi connectivity index (χ4v) is 5.59. The predicted octanol–water partition coefficient (Wildman–Crippen LogP) is 1.81. The monoisotopic (exact) mass is 428 g/mol. The van der Waals surface area contributed by atoms with Gasteiger partial charge in [-0.25, -0.2) is 19.3 Å². The minimum absolute atomic E-state index is 0.0136. The molecule has 2 aromatic carbocycles. The summed E-state index contributed by atoms with van der Waals surface area (Å²) in [5, 5.41) is 3.04. The fraction of sp³-hybridized carbons (Fsp3) is 0.409. The number of nitrogens with one attached hydrogen (secondary N) is 3. The largest absolute Gasteiger partial charge is 0.354 e. The topological polar surface area (TPSA) is 90.5 Å². The Bertz CT molecular complexity index is 945. The van der Waals surface area contributed by atoms with Gasteiger partial charge in [0.05, 0.1) is 4.90 Å². The van der Waals surface area contributed by atoms with Crippen molar-refractivity contribution in [2.75, 3.05) is 19.6 Å². The zero-order chi connectivity index (χ0) is 21.0. The van der Waals surface area contributed by atoms with Crippen LogP contribution in [0.1, 0.15) is 30.9 Å². The Labute approximate surface area is 177 Å². The number of hydrogen-bond acceptors (Lipinski definition) is 5. The van der Waals surface area contributed by atoms with Gasteiger partial charge in [-0.3, -0.25) is 4.79 Å². The lowest BCUT2D eigenvalue weighted by Gasteiger charge is -2.31. The highest BCUT2D eigenvalue weighted by molar-refractivity contribution is 7.89. The second-order valence-corrected chi connectivity index (χ2v) is 9.88. The molecule has 2 atom stereocenters. The number of carbonyl (C=O) groups excluding carboxylic acids is 1. The van der Waals surface area contributed by atoms with Crippen LogP contribution in [0.2, 0.25) is 0 Å². The molecule has 30 heavy (non-hydrogen) atoms. The van der Waals surface area contributed by atoms with Crippen molar-refractivity contribution in [3.05, 3.63) is 66.2 Å². The van der Waals surface area contributed by atoms with Crippen LogP contribution in [0.25, 0.3) is 0 Å². The van der Waals surface area contributed by atoms with Crippen LogP contribution in [0, 0.1) is 5.92 Å². The van der Waals surface area contributed by atoms with Crippen LogP contribution in [-0.4, -0.2) is 44.3 Å². The van der Waals surface area contributed by atoms with Gasteiger partial charge in [-0.05, 0) is 42.9 Å². The number of hydrazine groups is 1. The third-order valence-electron chi connectivity index (χ3n) is 5.94. The summed E-state index contributed by atoms with van der Waals surface area (Å²) in [6.45, 7) is 1.54. The van der Waals surface area contributed by atoms with Crippen molar-refractivity contribution in [3.63, 3.8) is 0 Å². The van der Waals surface area contributed by atoms with Crippen LogP contribution < -0.4 is 16.2 Å². The molecule has 1 amide bonds. The van der Waals surface area contributed by atoms with E-state index in [0.717, 1.165) is 18.4 Å². The summed E-state index contributed by atoms with van der Waals surface area (Å²) in [4.78, 5) is 12.9. The standard InChI is InChI=1S/C22H28N4O3S/c27-22(21-15-20(24-25-21)18-7-3-1-4-8-18)23-16-17-11-13-26(14-12-17)30(28,29)19-9-5-2-6-10-19/h1-10,17,20-21,24-25H,11-16H2,(H,23,27). The fourth-order valence-electron chi connectivity index (χ4n) is 4.10. The molecule has 8 heteroatoms. The molecule has 0 bridgehead atoms. The van der Waals surface area contributed by atoms with E-state index in [-0.39, 0.29) is 23.9 Å². The van der Waals surface area contributed by atoms with Crippen molar-refractivity contribution in [1.82, 2.24) is 20.5 Å². The minimum atomic E-state index is -3.43. The van der Waals surface area contributed by atoms with Crippen LogP contribution >= 0.6 is 0 Å². The van der Waals surface area contributed by atoms with Crippen LogP contribution in [0.3, 0.4) is 0 Å². The van der Waals surface area contributed by atoms with Crippen LogP contribution in [0.5, 0.6) is 0 Å². The van der Waals surface area contributed by atoms with E-state index in [1.807, 2.05) is 24.3 Å². The zero-order valence-corrected chi connectivity index (χ0v) is 17.6. The third-order valence-corrected chi connectivity index (χ3v) is 7.85. The first kappa shape index (κ1) is 21.0. The van der Waals surface area contributed by atoms with E-state index in [1.54, 1.807) is 28.6 Å². The van der Waals surface area contributed by atoms with Gasteiger partial charge in [-0.2, -0.15) is 4.31 Å². The lowest BCUT2D eigenvalue weighted by Crippen LogP contribution is -2.46. The second-order valence-electron chi connectivity index (χ2n) is 7.95. The normalized spacial score (nSPS) is 23.3. The molecule has 2 aliphatic heterocycles. The van der Waals surface area contributed by atoms with Crippen molar-refractivity contribution >= 4 is 15.9 Å². The Morgan fingerprint density at radius 1 is 0.967 bits per heavy atom. The molecule has 0 aromatic heterocycles. The second kappa shape index (κ2) is 9.26. The van der Waals surface area contributed by atoms with Gasteiger partial charge < -0.3 is 5.32 Å². The van der Waals surface area contributed by atoms with Gasteiger partial charge in [0.15, 0.2) is 0 Å². The first-order chi connectivity index (χ1) is 14.5. The lowest BCUT2D eigenvalue weighted by molar-refractivity contribution is -0.123. The highest BCUT2D eigenvalue weighted by Crippen LogP contribution is 2.24. The van der Waals surface area contributed by atoms with E-state index in [2.05, 4.69) is 28.3 Å². The van der Waals surface area contributed by atoms with Crippen molar-refractivity contribution < 1.29 is 13.2 Å². The van der Waals surface area contributed by atoms with Gasteiger partial charge >= 0.3 is 0 Å². The molecule has 4 rings (SSSR count).